The van der Waals surface area contributed by atoms with E-state index in [2.05, 4.69) is 12.0 Å². The largest absolute Gasteiger partial charge is 0.321 e. The molecule has 90 valence electrons. The van der Waals surface area contributed by atoms with Gasteiger partial charge in [0.2, 0.25) is 0 Å². The number of rotatable bonds is 6. The Balaban J connectivity index is 2.82. The highest BCUT2D eigenvalue weighted by molar-refractivity contribution is 6.33. The molecule has 0 amide bonds. The van der Waals surface area contributed by atoms with E-state index in [4.69, 9.17) is 17.3 Å². The molecular formula is C11H18ClN3O. The molecule has 1 heterocycles. The molecule has 4 nitrogen and oxygen atoms in total. The van der Waals surface area contributed by atoms with Gasteiger partial charge in [0.25, 0.3) is 0 Å². The topological polar surface area (TPSA) is 60.9 Å². The van der Waals surface area contributed by atoms with E-state index in [0.717, 1.165) is 12.8 Å². The van der Waals surface area contributed by atoms with E-state index >= 15 is 0 Å². The van der Waals surface area contributed by atoms with Crippen LogP contribution in [0.5, 0.6) is 0 Å². The summed E-state index contributed by atoms with van der Waals surface area (Å²) in [5.41, 5.74) is 6.28. The molecule has 0 spiro atoms. The molecule has 0 fully saturated rings. The maximum absolute atomic E-state index is 12.0. The van der Waals surface area contributed by atoms with Gasteiger partial charge in [-0.15, -0.1) is 0 Å². The van der Waals surface area contributed by atoms with Gasteiger partial charge < -0.3 is 5.73 Å². The lowest BCUT2D eigenvalue weighted by atomic mass is 10.0. The standard InChI is InChI=1S/C11H18ClN3O/c1-3-5-6-9(13)11(16)10-8(12)7-14-15(10)4-2/h7,9H,3-6,13H2,1-2H3. The van der Waals surface area contributed by atoms with Crippen LogP contribution in [0.25, 0.3) is 0 Å². The Kier molecular flexibility index (Phi) is 4.96. The number of halogens is 1. The lowest BCUT2D eigenvalue weighted by Crippen LogP contribution is -2.32. The number of carbonyl (C=O) groups excluding carboxylic acids is 1. The molecule has 0 saturated carbocycles. The van der Waals surface area contributed by atoms with Gasteiger partial charge in [0.05, 0.1) is 17.3 Å². The fourth-order valence-corrected chi connectivity index (χ4v) is 1.81. The summed E-state index contributed by atoms with van der Waals surface area (Å²) in [6, 6.07) is -0.473. The van der Waals surface area contributed by atoms with Gasteiger partial charge in [-0.25, -0.2) is 0 Å². The van der Waals surface area contributed by atoms with Gasteiger partial charge in [-0.2, -0.15) is 5.10 Å². The van der Waals surface area contributed by atoms with Crippen molar-refractivity contribution in [3.63, 3.8) is 0 Å². The van der Waals surface area contributed by atoms with E-state index < -0.39 is 6.04 Å². The first-order chi connectivity index (χ1) is 7.61. The first-order valence-electron chi connectivity index (χ1n) is 5.62. The molecule has 16 heavy (non-hydrogen) atoms. The summed E-state index contributed by atoms with van der Waals surface area (Å²) >= 11 is 5.94. The molecule has 1 rings (SSSR count). The smallest absolute Gasteiger partial charge is 0.199 e. The van der Waals surface area contributed by atoms with Gasteiger partial charge in [0.15, 0.2) is 5.78 Å². The summed E-state index contributed by atoms with van der Waals surface area (Å²) in [5, 5.41) is 4.41. The number of hydrogen-bond donors (Lipinski definition) is 1. The van der Waals surface area contributed by atoms with Crippen LogP contribution in [0.4, 0.5) is 0 Å². The van der Waals surface area contributed by atoms with Crippen LogP contribution in [0.3, 0.4) is 0 Å². The Bertz CT molecular complexity index is 362. The summed E-state index contributed by atoms with van der Waals surface area (Å²) in [5.74, 6) is -0.113. The van der Waals surface area contributed by atoms with E-state index in [1.165, 1.54) is 6.20 Å². The first-order valence-corrected chi connectivity index (χ1v) is 6.00. The number of nitrogens with two attached hydrogens (primary N) is 1. The quantitative estimate of drug-likeness (QED) is 0.780. The molecule has 1 unspecified atom stereocenters. The highest BCUT2D eigenvalue weighted by Crippen LogP contribution is 2.18. The molecule has 0 saturated heterocycles. The third kappa shape index (κ3) is 2.83. The summed E-state index contributed by atoms with van der Waals surface area (Å²) in [6.45, 7) is 4.60. The number of unbranched alkanes of at least 4 members (excludes halogenated alkanes) is 1. The predicted octanol–water partition coefficient (Wildman–Crippen LogP) is 2.26. The Hall–Kier alpha value is -0.870. The molecular weight excluding hydrogens is 226 g/mol. The summed E-state index contributed by atoms with van der Waals surface area (Å²) in [6.07, 6.45) is 4.16. The maximum Gasteiger partial charge on any atom is 0.199 e. The second-order valence-electron chi connectivity index (χ2n) is 3.77. The van der Waals surface area contributed by atoms with E-state index in [0.29, 0.717) is 23.7 Å². The van der Waals surface area contributed by atoms with E-state index in [1.54, 1.807) is 4.68 Å². The Morgan fingerprint density at radius 3 is 2.88 bits per heavy atom. The molecule has 0 aromatic carbocycles. The number of ketones is 1. The maximum atomic E-state index is 12.0. The average molecular weight is 244 g/mol. The van der Waals surface area contributed by atoms with Gasteiger partial charge >= 0.3 is 0 Å². The number of aryl methyl sites for hydroxylation is 1. The fourth-order valence-electron chi connectivity index (χ4n) is 1.58. The molecule has 1 atom stereocenters. The Labute approximate surface area is 101 Å². The van der Waals surface area contributed by atoms with Gasteiger partial charge in [-0.05, 0) is 13.3 Å². The Morgan fingerprint density at radius 2 is 2.31 bits per heavy atom. The van der Waals surface area contributed by atoms with Crippen LogP contribution in [-0.2, 0) is 6.54 Å². The predicted molar refractivity (Wildman–Crippen MR) is 64.7 cm³/mol. The van der Waals surface area contributed by atoms with Crippen molar-refractivity contribution in [1.82, 2.24) is 9.78 Å². The Morgan fingerprint density at radius 1 is 1.62 bits per heavy atom. The minimum atomic E-state index is -0.473. The molecule has 2 N–H and O–H groups in total. The van der Waals surface area contributed by atoms with Crippen molar-refractivity contribution in [2.75, 3.05) is 0 Å². The van der Waals surface area contributed by atoms with Crippen LogP contribution >= 0.6 is 11.6 Å². The number of nitrogens with zero attached hydrogens (tertiary/aromatic N) is 2. The monoisotopic (exact) mass is 243 g/mol. The average Bonchev–Trinajstić information content (AvgIpc) is 2.66. The number of hydrogen-bond acceptors (Lipinski definition) is 3. The first kappa shape index (κ1) is 13.2. The number of carbonyl (C=O) groups is 1. The van der Waals surface area contributed by atoms with Crippen LogP contribution in [0.2, 0.25) is 5.02 Å². The molecule has 1 aromatic rings. The lowest BCUT2D eigenvalue weighted by Gasteiger charge is -2.11. The third-order valence-electron chi connectivity index (χ3n) is 2.53. The van der Waals surface area contributed by atoms with E-state index in [1.807, 2.05) is 6.92 Å². The van der Waals surface area contributed by atoms with Crippen molar-refractivity contribution in [1.29, 1.82) is 0 Å². The zero-order valence-corrected chi connectivity index (χ0v) is 10.5. The van der Waals surface area contributed by atoms with E-state index in [-0.39, 0.29) is 5.78 Å². The molecule has 0 bridgehead atoms. The van der Waals surface area contributed by atoms with Crippen molar-refractivity contribution < 1.29 is 4.79 Å². The van der Waals surface area contributed by atoms with Gasteiger partial charge in [0, 0.05) is 6.54 Å². The minimum Gasteiger partial charge on any atom is -0.321 e. The lowest BCUT2D eigenvalue weighted by molar-refractivity contribution is 0.0946. The van der Waals surface area contributed by atoms with Crippen molar-refractivity contribution >= 4 is 17.4 Å². The number of aromatic nitrogens is 2. The fraction of sp³-hybridized carbons (Fsp3) is 0.636. The molecule has 5 heteroatoms. The zero-order chi connectivity index (χ0) is 12.1. The van der Waals surface area contributed by atoms with Crippen molar-refractivity contribution in [2.45, 2.75) is 45.7 Å². The zero-order valence-electron chi connectivity index (χ0n) is 9.74. The normalized spacial score (nSPS) is 12.8. The van der Waals surface area contributed by atoms with Gasteiger partial charge in [-0.1, -0.05) is 31.4 Å². The van der Waals surface area contributed by atoms with Crippen LogP contribution in [0.1, 0.15) is 43.6 Å². The third-order valence-corrected chi connectivity index (χ3v) is 2.81. The minimum absolute atomic E-state index is 0.113. The van der Waals surface area contributed by atoms with Crippen molar-refractivity contribution in [3.05, 3.63) is 16.9 Å². The van der Waals surface area contributed by atoms with Gasteiger partial charge in [0.1, 0.15) is 5.69 Å². The highest BCUT2D eigenvalue weighted by Gasteiger charge is 2.22. The van der Waals surface area contributed by atoms with Crippen molar-refractivity contribution in [2.24, 2.45) is 5.73 Å². The molecule has 1 aromatic heterocycles. The van der Waals surface area contributed by atoms with Crippen LogP contribution in [0.15, 0.2) is 6.20 Å². The second kappa shape index (κ2) is 6.01. The molecule has 0 radical (unpaired) electrons. The van der Waals surface area contributed by atoms with E-state index in [9.17, 15) is 4.79 Å². The molecule has 0 aliphatic carbocycles. The highest BCUT2D eigenvalue weighted by atomic mass is 35.5. The second-order valence-corrected chi connectivity index (χ2v) is 4.18. The molecule has 0 aliphatic heterocycles. The van der Waals surface area contributed by atoms with Gasteiger partial charge in [-0.3, -0.25) is 9.48 Å². The summed E-state index contributed by atoms with van der Waals surface area (Å²) in [4.78, 5) is 12.0. The van der Waals surface area contributed by atoms with Crippen LogP contribution in [-0.4, -0.2) is 21.6 Å². The van der Waals surface area contributed by atoms with Crippen LogP contribution < -0.4 is 5.73 Å². The van der Waals surface area contributed by atoms with Crippen molar-refractivity contribution in [3.8, 4) is 0 Å². The molecule has 0 aliphatic rings. The number of Topliss-reactive ketones (excluding diaryl/α,β-unsaturated/α-hetero) is 1. The van der Waals surface area contributed by atoms with Crippen LogP contribution in [0, 0.1) is 0 Å². The summed E-state index contributed by atoms with van der Waals surface area (Å²) in [7, 11) is 0. The SMILES string of the molecule is CCCCC(N)C(=O)c1c(Cl)cnn1CC. The summed E-state index contributed by atoms with van der Waals surface area (Å²) < 4.78 is 1.59.